The summed E-state index contributed by atoms with van der Waals surface area (Å²) in [7, 11) is 3.47. The SMILES string of the molecule is COc1cc(C(C)(C)c2cnc(SCc3cc(S(=O)(=O)NCCC[N+](C)(C)C)c(F)cc3Cl)n2-c2ccc(F)cc2)ccc1Cl. The Morgan fingerprint density at radius 3 is 2.36 bits per heavy atom. The number of hydrogen-bond acceptors (Lipinski definition) is 5. The van der Waals surface area contributed by atoms with Gasteiger partial charge in [0.05, 0.1) is 51.7 Å². The molecule has 0 unspecified atom stereocenters. The van der Waals surface area contributed by atoms with Crippen molar-refractivity contribution in [1.82, 2.24) is 14.3 Å². The van der Waals surface area contributed by atoms with Gasteiger partial charge in [-0.2, -0.15) is 0 Å². The lowest BCUT2D eigenvalue weighted by Gasteiger charge is -2.28. The Bertz CT molecular complexity index is 1770. The fraction of sp³-hybridized carbons (Fsp3) is 0.344. The summed E-state index contributed by atoms with van der Waals surface area (Å²) in [5.41, 5.74) is 2.20. The molecule has 1 heterocycles. The lowest BCUT2D eigenvalue weighted by molar-refractivity contribution is -0.870. The Morgan fingerprint density at radius 1 is 1.02 bits per heavy atom. The van der Waals surface area contributed by atoms with E-state index in [1.807, 2.05) is 51.7 Å². The quantitative estimate of drug-likeness (QED) is 0.0892. The summed E-state index contributed by atoms with van der Waals surface area (Å²) in [4.78, 5) is 4.23. The number of benzene rings is 3. The van der Waals surface area contributed by atoms with E-state index in [4.69, 9.17) is 32.9 Å². The zero-order valence-corrected chi connectivity index (χ0v) is 29.1. The second kappa shape index (κ2) is 14.0. The lowest BCUT2D eigenvalue weighted by Crippen LogP contribution is -2.37. The van der Waals surface area contributed by atoms with Crippen molar-refractivity contribution in [3.63, 3.8) is 0 Å². The minimum atomic E-state index is -4.12. The van der Waals surface area contributed by atoms with Crippen LogP contribution in [-0.2, 0) is 21.2 Å². The maximum absolute atomic E-state index is 14.9. The summed E-state index contributed by atoms with van der Waals surface area (Å²) in [5, 5.41) is 1.13. The molecule has 45 heavy (non-hydrogen) atoms. The molecule has 7 nitrogen and oxygen atoms in total. The van der Waals surface area contributed by atoms with Gasteiger partial charge in [-0.25, -0.2) is 26.9 Å². The first-order chi connectivity index (χ1) is 21.0. The number of sulfonamides is 1. The lowest BCUT2D eigenvalue weighted by atomic mass is 9.81. The van der Waals surface area contributed by atoms with Crippen LogP contribution in [0.15, 0.2) is 70.8 Å². The van der Waals surface area contributed by atoms with Crippen LogP contribution in [0.2, 0.25) is 10.0 Å². The number of methoxy groups -OCH3 is 1. The second-order valence-corrected chi connectivity index (χ2v) is 15.6. The summed E-state index contributed by atoms with van der Waals surface area (Å²) in [6.45, 7) is 4.99. The van der Waals surface area contributed by atoms with Gasteiger partial charge < -0.3 is 9.22 Å². The number of halogens is 4. The molecule has 0 aliphatic rings. The topological polar surface area (TPSA) is 73.2 Å². The van der Waals surface area contributed by atoms with Crippen LogP contribution in [0.5, 0.6) is 5.75 Å². The Hall–Kier alpha value is -2.67. The number of ether oxygens (including phenoxy) is 1. The average molecular weight is 699 g/mol. The first-order valence-corrected chi connectivity index (χ1v) is 17.3. The van der Waals surface area contributed by atoms with Crippen LogP contribution in [0.1, 0.15) is 37.1 Å². The highest BCUT2D eigenvalue weighted by Gasteiger charge is 2.31. The number of nitrogens with zero attached hydrogens (tertiary/aromatic N) is 3. The van der Waals surface area contributed by atoms with Crippen molar-refractivity contribution in [1.29, 1.82) is 0 Å². The highest BCUT2D eigenvalue weighted by Crippen LogP contribution is 2.39. The number of nitrogens with one attached hydrogen (secondary N) is 1. The number of imidazole rings is 1. The van der Waals surface area contributed by atoms with Crippen molar-refractivity contribution < 1.29 is 26.4 Å². The molecule has 1 N–H and O–H groups in total. The van der Waals surface area contributed by atoms with Crippen molar-refractivity contribution in [3.05, 3.63) is 99.3 Å². The van der Waals surface area contributed by atoms with Crippen molar-refractivity contribution in [3.8, 4) is 11.4 Å². The number of quaternary nitrogens is 1. The molecule has 0 aliphatic carbocycles. The van der Waals surface area contributed by atoms with Crippen molar-refractivity contribution in [2.45, 2.75) is 41.5 Å². The summed E-state index contributed by atoms with van der Waals surface area (Å²) in [6, 6.07) is 13.9. The fourth-order valence-electron chi connectivity index (χ4n) is 4.78. The van der Waals surface area contributed by atoms with Gasteiger partial charge in [0.25, 0.3) is 0 Å². The molecule has 0 saturated heterocycles. The number of thioether (sulfide) groups is 1. The first-order valence-electron chi connectivity index (χ1n) is 14.1. The van der Waals surface area contributed by atoms with E-state index in [1.165, 1.54) is 30.0 Å². The number of hydrogen-bond donors (Lipinski definition) is 1. The number of aromatic nitrogens is 2. The van der Waals surface area contributed by atoms with Gasteiger partial charge in [0.15, 0.2) is 5.16 Å². The fourth-order valence-corrected chi connectivity index (χ4v) is 7.44. The Morgan fingerprint density at radius 2 is 1.71 bits per heavy atom. The molecule has 0 atom stereocenters. The van der Waals surface area contributed by atoms with E-state index in [1.54, 1.807) is 31.5 Å². The van der Waals surface area contributed by atoms with Gasteiger partial charge in [-0.15, -0.1) is 0 Å². The molecule has 0 aliphatic heterocycles. The summed E-state index contributed by atoms with van der Waals surface area (Å²) in [6.07, 6.45) is 2.34. The molecule has 0 fully saturated rings. The van der Waals surface area contributed by atoms with Crippen molar-refractivity contribution >= 4 is 45.0 Å². The van der Waals surface area contributed by atoms with E-state index >= 15 is 0 Å². The van der Waals surface area contributed by atoms with E-state index in [0.29, 0.717) is 38.1 Å². The van der Waals surface area contributed by atoms with E-state index < -0.39 is 26.2 Å². The van der Waals surface area contributed by atoms with Gasteiger partial charge in [-0.05, 0) is 59.7 Å². The van der Waals surface area contributed by atoms with Gasteiger partial charge in [-0.3, -0.25) is 4.57 Å². The molecular formula is C32H37Cl2F2N4O3S2+. The van der Waals surface area contributed by atoms with Crippen LogP contribution in [0.25, 0.3) is 5.69 Å². The minimum absolute atomic E-state index is 0.0951. The van der Waals surface area contributed by atoms with Crippen LogP contribution >= 0.6 is 35.0 Å². The molecule has 0 bridgehead atoms. The second-order valence-electron chi connectivity index (χ2n) is 12.1. The van der Waals surface area contributed by atoms with Crippen LogP contribution in [-0.4, -0.2) is 63.8 Å². The molecule has 4 rings (SSSR count). The third kappa shape index (κ3) is 8.38. The standard InChI is InChI=1S/C32H37Cl2F2N4O3S2/c1-32(2,22-8-13-25(33)28(17-22)43-6)30-19-37-31(39(30)24-11-9-23(35)10-12-24)44-20-21-16-29(27(36)18-26(21)34)45(41,42)38-14-7-15-40(3,4)5/h8-13,16-19,38H,7,14-15,20H2,1-6H3/q+1. The van der Waals surface area contributed by atoms with Crippen molar-refractivity contribution in [2.24, 2.45) is 0 Å². The minimum Gasteiger partial charge on any atom is -0.495 e. The third-order valence-corrected chi connectivity index (χ3v) is 10.5. The van der Waals surface area contributed by atoms with Crippen LogP contribution in [0, 0.1) is 11.6 Å². The molecule has 0 radical (unpaired) electrons. The largest absolute Gasteiger partial charge is 0.495 e. The van der Waals surface area contributed by atoms with Crippen LogP contribution in [0.4, 0.5) is 8.78 Å². The molecule has 0 spiro atoms. The van der Waals surface area contributed by atoms with Crippen molar-refractivity contribution in [2.75, 3.05) is 41.3 Å². The smallest absolute Gasteiger partial charge is 0.243 e. The van der Waals surface area contributed by atoms with Gasteiger partial charge in [0, 0.05) is 34.8 Å². The molecule has 13 heteroatoms. The predicted molar refractivity (Wildman–Crippen MR) is 177 cm³/mol. The first kappa shape index (κ1) is 35.2. The van der Waals surface area contributed by atoms with E-state index in [9.17, 15) is 17.2 Å². The molecule has 0 amide bonds. The van der Waals surface area contributed by atoms with Gasteiger partial charge >= 0.3 is 0 Å². The maximum atomic E-state index is 14.9. The maximum Gasteiger partial charge on any atom is 0.243 e. The zero-order chi connectivity index (χ0) is 33.2. The van der Waals surface area contributed by atoms with Gasteiger partial charge in [0.2, 0.25) is 10.0 Å². The average Bonchev–Trinajstić information content (AvgIpc) is 3.39. The molecule has 4 aromatic rings. The molecule has 3 aromatic carbocycles. The van der Waals surface area contributed by atoms with Crippen LogP contribution < -0.4 is 9.46 Å². The van der Waals surface area contributed by atoms with Gasteiger partial charge in [-0.1, -0.05) is 54.9 Å². The Kier molecular flexibility index (Phi) is 10.9. The van der Waals surface area contributed by atoms with Crippen LogP contribution in [0.3, 0.4) is 0 Å². The molecular weight excluding hydrogens is 661 g/mol. The molecule has 0 saturated carbocycles. The number of rotatable bonds is 13. The Labute approximate surface area is 278 Å². The molecule has 1 aromatic heterocycles. The van der Waals surface area contributed by atoms with E-state index in [0.717, 1.165) is 23.9 Å². The highest BCUT2D eigenvalue weighted by atomic mass is 35.5. The van der Waals surface area contributed by atoms with E-state index in [-0.39, 0.29) is 23.1 Å². The summed E-state index contributed by atoms with van der Waals surface area (Å²) in [5.74, 6) is -0.586. The third-order valence-electron chi connectivity index (χ3n) is 7.37. The predicted octanol–water partition coefficient (Wildman–Crippen LogP) is 7.46. The summed E-state index contributed by atoms with van der Waals surface area (Å²) >= 11 is 14.0. The Balaban J connectivity index is 1.67. The highest BCUT2D eigenvalue weighted by molar-refractivity contribution is 7.98. The normalized spacial score (nSPS) is 12.5. The van der Waals surface area contributed by atoms with Gasteiger partial charge in [0.1, 0.15) is 22.3 Å². The zero-order valence-electron chi connectivity index (χ0n) is 26.0. The summed E-state index contributed by atoms with van der Waals surface area (Å²) < 4.78 is 65.4. The monoisotopic (exact) mass is 697 g/mol. The van der Waals surface area contributed by atoms with E-state index in [2.05, 4.69) is 4.72 Å². The molecule has 242 valence electrons.